The number of hydrogen-bond donors (Lipinski definition) is 1. The van der Waals surface area contributed by atoms with Crippen LogP contribution in [0.15, 0.2) is 30.3 Å². The maximum atomic E-state index is 12.6. The van der Waals surface area contributed by atoms with Gasteiger partial charge in [0.05, 0.1) is 25.3 Å². The third-order valence-corrected chi connectivity index (χ3v) is 2.73. The Balaban J connectivity index is 2.89. The Hall–Kier alpha value is -1.80. The average molecular weight is 321 g/mol. The van der Waals surface area contributed by atoms with Crippen molar-refractivity contribution in [3.8, 4) is 0 Å². The summed E-state index contributed by atoms with van der Waals surface area (Å²) in [5.41, 5.74) is 0.255. The Morgan fingerprint density at radius 2 is 1.95 bits per heavy atom. The highest BCUT2D eigenvalue weighted by molar-refractivity contribution is 5.85. The summed E-state index contributed by atoms with van der Waals surface area (Å²) in [6.45, 7) is -0.263. The fourth-order valence-electron chi connectivity index (χ4n) is 1.77. The maximum Gasteiger partial charge on any atom is 0.438 e. The number of methoxy groups -OCH3 is 1. The Morgan fingerprint density at radius 3 is 2.45 bits per heavy atom. The number of ether oxygens (including phenoxy) is 1. The molecule has 0 aromatic heterocycles. The third kappa shape index (κ3) is 6.31. The van der Waals surface area contributed by atoms with Gasteiger partial charge in [-0.2, -0.15) is 18.2 Å². The lowest BCUT2D eigenvalue weighted by Crippen LogP contribution is -2.37. The van der Waals surface area contributed by atoms with Crippen molar-refractivity contribution in [1.29, 1.82) is 0 Å². The van der Waals surface area contributed by atoms with Gasteiger partial charge in [0.15, 0.2) is 0 Å². The number of halogens is 3. The summed E-state index contributed by atoms with van der Waals surface area (Å²) >= 11 is 0. The normalized spacial score (nSPS) is 12.8. The highest BCUT2D eigenvalue weighted by Gasteiger charge is 2.34. The molecule has 0 radical (unpaired) electrons. The van der Waals surface area contributed by atoms with Crippen LogP contribution in [0.3, 0.4) is 0 Å². The molecular weight excluding hydrogens is 303 g/mol. The Morgan fingerprint density at radius 1 is 1.32 bits per heavy atom. The molecule has 0 aliphatic carbocycles. The smallest absolute Gasteiger partial charge is 0.438 e. The molecule has 8 heteroatoms. The first-order chi connectivity index (χ1) is 10.4. The van der Waals surface area contributed by atoms with Crippen LogP contribution in [0.2, 0.25) is 0 Å². The molecule has 0 aliphatic heterocycles. The topological polar surface area (TPSA) is 59.0 Å². The molecule has 124 valence electrons. The Kier molecular flexibility index (Phi) is 7.13. The van der Waals surface area contributed by atoms with E-state index in [1.807, 2.05) is 0 Å². The third-order valence-electron chi connectivity index (χ3n) is 2.73. The molecule has 1 amide bonds. The van der Waals surface area contributed by atoms with Crippen LogP contribution < -0.4 is 5.06 Å². The summed E-state index contributed by atoms with van der Waals surface area (Å²) < 4.78 is 42.3. The van der Waals surface area contributed by atoms with Crippen LogP contribution in [0.4, 0.5) is 23.7 Å². The summed E-state index contributed by atoms with van der Waals surface area (Å²) in [7, 11) is 1.11. The van der Waals surface area contributed by atoms with Crippen LogP contribution >= 0.6 is 0 Å². The minimum atomic E-state index is -4.45. The zero-order valence-electron chi connectivity index (χ0n) is 12.0. The van der Waals surface area contributed by atoms with Crippen LogP contribution in [0.1, 0.15) is 19.3 Å². The molecule has 0 spiro atoms. The minimum Gasteiger partial charge on any atom is -0.451 e. The van der Waals surface area contributed by atoms with Gasteiger partial charge in [0, 0.05) is 6.61 Å². The van der Waals surface area contributed by atoms with Crippen molar-refractivity contribution >= 4 is 11.8 Å². The number of carbonyl (C=O) groups excluding carboxylic acids is 1. The lowest BCUT2D eigenvalue weighted by Gasteiger charge is -2.26. The lowest BCUT2D eigenvalue weighted by atomic mass is 10.1. The average Bonchev–Trinajstić information content (AvgIpc) is 2.48. The molecule has 1 aromatic rings. The van der Waals surface area contributed by atoms with E-state index < -0.39 is 24.8 Å². The number of rotatable bonds is 7. The number of hydroxylamine groups is 1. The summed E-state index contributed by atoms with van der Waals surface area (Å²) in [5, 5.41) is 9.47. The van der Waals surface area contributed by atoms with Gasteiger partial charge in [-0.25, -0.2) is 4.79 Å². The SMILES string of the molecule is COC(=O)N(OC(CCCO)CC(F)(F)F)c1ccccc1. The molecule has 0 fully saturated rings. The minimum absolute atomic E-state index is 0.0453. The molecule has 5 nitrogen and oxygen atoms in total. The summed E-state index contributed by atoms with van der Waals surface area (Å²) in [5.74, 6) is 0. The first-order valence-corrected chi connectivity index (χ1v) is 6.65. The van der Waals surface area contributed by atoms with Gasteiger partial charge < -0.3 is 9.84 Å². The number of benzene rings is 1. The predicted octanol–water partition coefficient (Wildman–Crippen LogP) is 3.28. The van der Waals surface area contributed by atoms with E-state index in [2.05, 4.69) is 4.74 Å². The van der Waals surface area contributed by atoms with Gasteiger partial charge in [-0.1, -0.05) is 18.2 Å². The van der Waals surface area contributed by atoms with Gasteiger partial charge >= 0.3 is 12.3 Å². The van der Waals surface area contributed by atoms with Gasteiger partial charge in [-0.05, 0) is 25.0 Å². The summed E-state index contributed by atoms with van der Waals surface area (Å²) in [6.07, 6.45) is -7.82. The van der Waals surface area contributed by atoms with E-state index >= 15 is 0 Å². The first kappa shape index (κ1) is 18.2. The molecule has 1 atom stereocenters. The van der Waals surface area contributed by atoms with Crippen molar-refractivity contribution in [2.24, 2.45) is 0 Å². The number of para-hydroxylation sites is 1. The number of amides is 1. The molecule has 0 saturated heterocycles. The number of carbonyl (C=O) groups is 1. The van der Waals surface area contributed by atoms with E-state index in [0.717, 1.165) is 7.11 Å². The summed E-state index contributed by atoms with van der Waals surface area (Å²) in [4.78, 5) is 16.9. The first-order valence-electron chi connectivity index (χ1n) is 6.65. The van der Waals surface area contributed by atoms with Crippen molar-refractivity contribution in [3.05, 3.63) is 30.3 Å². The number of alkyl halides is 3. The second kappa shape index (κ2) is 8.60. The number of anilines is 1. The van der Waals surface area contributed by atoms with Crippen molar-refractivity contribution in [1.82, 2.24) is 0 Å². The van der Waals surface area contributed by atoms with E-state index in [1.165, 1.54) is 12.1 Å². The quantitative estimate of drug-likeness (QED) is 0.783. The molecular formula is C14H18F3NO4. The van der Waals surface area contributed by atoms with Gasteiger partial charge in [-0.15, -0.1) is 0 Å². The largest absolute Gasteiger partial charge is 0.451 e. The second-order valence-corrected chi connectivity index (χ2v) is 4.51. The van der Waals surface area contributed by atoms with Gasteiger partial charge in [0.1, 0.15) is 0 Å². The number of aliphatic hydroxyl groups is 1. The van der Waals surface area contributed by atoms with E-state index in [1.54, 1.807) is 18.2 Å². The van der Waals surface area contributed by atoms with Crippen LogP contribution in [0.5, 0.6) is 0 Å². The molecule has 0 aliphatic rings. The number of nitrogens with zero attached hydrogens (tertiary/aromatic N) is 1. The zero-order valence-corrected chi connectivity index (χ0v) is 12.0. The molecule has 0 heterocycles. The van der Waals surface area contributed by atoms with E-state index in [9.17, 15) is 18.0 Å². The van der Waals surface area contributed by atoms with E-state index in [-0.39, 0.29) is 25.1 Å². The van der Waals surface area contributed by atoms with Gasteiger partial charge in [0.25, 0.3) is 0 Å². The van der Waals surface area contributed by atoms with Crippen LogP contribution in [-0.2, 0) is 9.57 Å². The Bertz CT molecular complexity index is 453. The molecule has 0 saturated carbocycles. The lowest BCUT2D eigenvalue weighted by molar-refractivity contribution is -0.162. The predicted molar refractivity (Wildman–Crippen MR) is 73.2 cm³/mol. The molecule has 0 bridgehead atoms. The van der Waals surface area contributed by atoms with E-state index in [0.29, 0.717) is 5.06 Å². The maximum absolute atomic E-state index is 12.6. The molecule has 22 heavy (non-hydrogen) atoms. The molecule has 1 N–H and O–H groups in total. The van der Waals surface area contributed by atoms with Crippen molar-refractivity contribution in [3.63, 3.8) is 0 Å². The van der Waals surface area contributed by atoms with Gasteiger partial charge in [-0.3, -0.25) is 4.84 Å². The van der Waals surface area contributed by atoms with Crippen molar-refractivity contribution in [2.75, 3.05) is 18.8 Å². The standard InChI is InChI=1S/C14H18F3NO4/c1-21-13(20)18(11-6-3-2-4-7-11)22-12(8-5-9-19)10-14(15,16)17/h2-4,6-7,12,19H,5,8-10H2,1H3. The van der Waals surface area contributed by atoms with Crippen LogP contribution in [0, 0.1) is 0 Å². The van der Waals surface area contributed by atoms with E-state index in [4.69, 9.17) is 9.94 Å². The molecule has 1 unspecified atom stereocenters. The summed E-state index contributed by atoms with van der Waals surface area (Å²) in [6, 6.07) is 7.93. The fourth-order valence-corrected chi connectivity index (χ4v) is 1.77. The van der Waals surface area contributed by atoms with Crippen LogP contribution in [-0.4, -0.2) is 37.2 Å². The number of hydrogen-bond acceptors (Lipinski definition) is 4. The molecule has 1 aromatic carbocycles. The van der Waals surface area contributed by atoms with Crippen molar-refractivity contribution in [2.45, 2.75) is 31.5 Å². The highest BCUT2D eigenvalue weighted by atomic mass is 19.4. The Labute approximate surface area is 126 Å². The van der Waals surface area contributed by atoms with Gasteiger partial charge in [0.2, 0.25) is 0 Å². The van der Waals surface area contributed by atoms with Crippen molar-refractivity contribution < 1.29 is 32.6 Å². The van der Waals surface area contributed by atoms with Crippen LogP contribution in [0.25, 0.3) is 0 Å². The second-order valence-electron chi connectivity index (χ2n) is 4.51. The fraction of sp³-hybridized carbons (Fsp3) is 0.500. The number of aliphatic hydroxyl groups excluding tert-OH is 1. The zero-order chi connectivity index (χ0) is 16.6. The highest BCUT2D eigenvalue weighted by Crippen LogP contribution is 2.27. The molecule has 1 rings (SSSR count). The monoisotopic (exact) mass is 321 g/mol.